The second-order valence-corrected chi connectivity index (χ2v) is 6.70. The summed E-state index contributed by atoms with van der Waals surface area (Å²) in [6, 6.07) is 13.6. The number of hydrogen-bond donors (Lipinski definition) is 0. The summed E-state index contributed by atoms with van der Waals surface area (Å²) in [4.78, 5) is 2.78. The van der Waals surface area contributed by atoms with Gasteiger partial charge in [0.15, 0.2) is 0 Å². The average Bonchev–Trinajstić information content (AvgIpc) is 2.42. The van der Waals surface area contributed by atoms with Crippen LogP contribution >= 0.6 is 23.5 Å². The summed E-state index contributed by atoms with van der Waals surface area (Å²) in [5, 5.41) is 2.72. The number of hydrogen-bond acceptors (Lipinski definition) is 2. The van der Waals surface area contributed by atoms with Crippen molar-refractivity contribution in [3.8, 4) is 0 Å². The van der Waals surface area contributed by atoms with Crippen molar-refractivity contribution in [1.29, 1.82) is 0 Å². The van der Waals surface area contributed by atoms with Gasteiger partial charge in [0.25, 0.3) is 0 Å². The van der Waals surface area contributed by atoms with Gasteiger partial charge < -0.3 is 0 Å². The van der Waals surface area contributed by atoms with Gasteiger partial charge in [-0.1, -0.05) is 26.0 Å². The maximum atomic E-state index is 2.33. The third-order valence-corrected chi connectivity index (χ3v) is 5.13. The van der Waals surface area contributed by atoms with Crippen molar-refractivity contribution in [2.45, 2.75) is 36.5 Å². The fraction of sp³-hybridized carbons (Fsp3) is 0.375. The minimum absolute atomic E-state index is 1.20. The fourth-order valence-corrected chi connectivity index (χ4v) is 3.45. The fourth-order valence-electron chi connectivity index (χ4n) is 1.82. The van der Waals surface area contributed by atoms with E-state index in [1.807, 2.05) is 23.5 Å². The molecule has 0 atom stereocenters. The second kappa shape index (κ2) is 7.10. The zero-order valence-electron chi connectivity index (χ0n) is 11.1. The molecule has 2 rings (SSSR count). The van der Waals surface area contributed by atoms with Crippen LogP contribution in [0.1, 0.15) is 26.7 Å². The first kappa shape index (κ1) is 13.8. The van der Waals surface area contributed by atoms with Crippen molar-refractivity contribution < 1.29 is 0 Å². The number of fused-ring (bicyclic) bond motifs is 1. The smallest absolute Gasteiger partial charge is 0.00783 e. The van der Waals surface area contributed by atoms with Gasteiger partial charge in [-0.3, -0.25) is 0 Å². The van der Waals surface area contributed by atoms with Crippen molar-refractivity contribution in [3.63, 3.8) is 0 Å². The van der Waals surface area contributed by atoms with Gasteiger partial charge in [0.05, 0.1) is 0 Å². The zero-order chi connectivity index (χ0) is 12.8. The molecule has 0 spiro atoms. The van der Waals surface area contributed by atoms with E-state index in [9.17, 15) is 0 Å². The summed E-state index contributed by atoms with van der Waals surface area (Å²) in [5.74, 6) is 2.41. The van der Waals surface area contributed by atoms with Crippen molar-refractivity contribution >= 4 is 34.3 Å². The maximum Gasteiger partial charge on any atom is 0.00783 e. The lowest BCUT2D eigenvalue weighted by Crippen LogP contribution is -1.80. The average molecular weight is 276 g/mol. The van der Waals surface area contributed by atoms with Crippen LogP contribution in [0.2, 0.25) is 0 Å². The van der Waals surface area contributed by atoms with Gasteiger partial charge >= 0.3 is 0 Å². The van der Waals surface area contributed by atoms with Crippen LogP contribution in [0.15, 0.2) is 46.2 Å². The zero-order valence-corrected chi connectivity index (χ0v) is 12.7. The Labute approximate surface area is 119 Å². The first-order chi connectivity index (χ1) is 8.83. The lowest BCUT2D eigenvalue weighted by molar-refractivity contribution is 1.10. The standard InChI is InChI=1S/C16H20S2/c1-3-9-17-15-7-5-13-6-8-16(18-10-4-2)12-14(13)11-15/h5-8,11-12H,3-4,9-10H2,1-2H3. The van der Waals surface area contributed by atoms with E-state index in [1.54, 1.807) is 0 Å². The highest BCUT2D eigenvalue weighted by Crippen LogP contribution is 2.28. The van der Waals surface area contributed by atoms with Gasteiger partial charge in [-0.15, -0.1) is 23.5 Å². The molecular formula is C16H20S2. The Morgan fingerprint density at radius 1 is 0.722 bits per heavy atom. The Bertz CT molecular complexity index is 463. The Morgan fingerprint density at radius 2 is 1.22 bits per heavy atom. The second-order valence-electron chi connectivity index (χ2n) is 4.37. The van der Waals surface area contributed by atoms with E-state index in [1.165, 1.54) is 44.9 Å². The van der Waals surface area contributed by atoms with Crippen LogP contribution in [0.5, 0.6) is 0 Å². The molecule has 0 nitrogen and oxygen atoms in total. The van der Waals surface area contributed by atoms with E-state index in [0.717, 1.165) is 0 Å². The third-order valence-electron chi connectivity index (χ3n) is 2.73. The molecule has 0 saturated carbocycles. The Balaban J connectivity index is 2.22. The van der Waals surface area contributed by atoms with Crippen molar-refractivity contribution in [2.24, 2.45) is 0 Å². The van der Waals surface area contributed by atoms with Gasteiger partial charge in [-0.25, -0.2) is 0 Å². The van der Waals surface area contributed by atoms with Gasteiger partial charge in [-0.05, 0) is 59.4 Å². The van der Waals surface area contributed by atoms with Gasteiger partial charge in [0.1, 0.15) is 0 Å². The van der Waals surface area contributed by atoms with E-state index >= 15 is 0 Å². The van der Waals surface area contributed by atoms with Crippen LogP contribution in [0.4, 0.5) is 0 Å². The summed E-state index contributed by atoms with van der Waals surface area (Å²) in [6.07, 6.45) is 2.46. The molecule has 0 fully saturated rings. The summed E-state index contributed by atoms with van der Waals surface area (Å²) < 4.78 is 0. The molecule has 0 heterocycles. The normalized spacial score (nSPS) is 11.0. The highest BCUT2D eigenvalue weighted by molar-refractivity contribution is 7.99. The van der Waals surface area contributed by atoms with Crippen molar-refractivity contribution in [1.82, 2.24) is 0 Å². The first-order valence-corrected chi connectivity index (χ1v) is 8.60. The van der Waals surface area contributed by atoms with E-state index < -0.39 is 0 Å². The van der Waals surface area contributed by atoms with Gasteiger partial charge in [-0.2, -0.15) is 0 Å². The van der Waals surface area contributed by atoms with Crippen LogP contribution in [-0.4, -0.2) is 11.5 Å². The molecule has 0 amide bonds. The molecule has 2 aromatic rings. The maximum absolute atomic E-state index is 2.33. The molecule has 0 saturated heterocycles. The number of thioether (sulfide) groups is 2. The summed E-state index contributed by atoms with van der Waals surface area (Å²) in [6.45, 7) is 4.46. The topological polar surface area (TPSA) is 0 Å². The molecule has 0 aromatic heterocycles. The van der Waals surface area contributed by atoms with Crippen molar-refractivity contribution in [3.05, 3.63) is 36.4 Å². The molecule has 0 aliphatic rings. The van der Waals surface area contributed by atoms with Crippen molar-refractivity contribution in [2.75, 3.05) is 11.5 Å². The number of benzene rings is 2. The molecule has 2 heteroatoms. The Kier molecular flexibility index (Phi) is 5.45. The molecule has 96 valence electrons. The quantitative estimate of drug-likeness (QED) is 0.607. The van der Waals surface area contributed by atoms with Crippen LogP contribution in [0, 0.1) is 0 Å². The Morgan fingerprint density at radius 3 is 1.67 bits per heavy atom. The van der Waals surface area contributed by atoms with Gasteiger partial charge in [0, 0.05) is 9.79 Å². The van der Waals surface area contributed by atoms with Crippen LogP contribution in [-0.2, 0) is 0 Å². The SMILES string of the molecule is CCCSc1ccc2ccc(SCCC)cc2c1. The molecule has 2 aromatic carbocycles. The summed E-state index contributed by atoms with van der Waals surface area (Å²) in [5.41, 5.74) is 0. The minimum Gasteiger partial charge on any atom is -0.126 e. The molecule has 0 radical (unpaired) electrons. The lowest BCUT2D eigenvalue weighted by Gasteiger charge is -2.05. The molecule has 18 heavy (non-hydrogen) atoms. The van der Waals surface area contributed by atoms with Crippen LogP contribution in [0.3, 0.4) is 0 Å². The highest BCUT2D eigenvalue weighted by atomic mass is 32.2. The largest absolute Gasteiger partial charge is 0.126 e. The third kappa shape index (κ3) is 3.69. The minimum atomic E-state index is 1.20. The van der Waals surface area contributed by atoms with Crippen LogP contribution in [0.25, 0.3) is 10.8 Å². The van der Waals surface area contributed by atoms with E-state index in [2.05, 4.69) is 50.2 Å². The lowest BCUT2D eigenvalue weighted by atomic mass is 10.1. The molecule has 0 aliphatic heterocycles. The van der Waals surface area contributed by atoms with Crippen LogP contribution < -0.4 is 0 Å². The van der Waals surface area contributed by atoms with E-state index in [0.29, 0.717) is 0 Å². The first-order valence-electron chi connectivity index (χ1n) is 6.63. The monoisotopic (exact) mass is 276 g/mol. The van der Waals surface area contributed by atoms with E-state index in [4.69, 9.17) is 0 Å². The van der Waals surface area contributed by atoms with E-state index in [-0.39, 0.29) is 0 Å². The molecule has 0 aliphatic carbocycles. The molecule has 0 N–H and O–H groups in total. The predicted molar refractivity (Wildman–Crippen MR) is 86.0 cm³/mol. The molecule has 0 bridgehead atoms. The predicted octanol–water partition coefficient (Wildman–Crippen LogP) is 5.84. The Hall–Kier alpha value is -0.600. The molecule has 0 unspecified atom stereocenters. The van der Waals surface area contributed by atoms with Gasteiger partial charge in [0.2, 0.25) is 0 Å². The summed E-state index contributed by atoms with van der Waals surface area (Å²) in [7, 11) is 0. The summed E-state index contributed by atoms with van der Waals surface area (Å²) >= 11 is 3.90. The molecular weight excluding hydrogens is 256 g/mol. The highest BCUT2D eigenvalue weighted by Gasteiger charge is 1.99. The number of rotatable bonds is 6.